The average molecular weight is 406 g/mol. The summed E-state index contributed by atoms with van der Waals surface area (Å²) in [6.45, 7) is 0. The molecule has 0 aliphatic heterocycles. The molecule has 5 heteroatoms. The van der Waals surface area contributed by atoms with Crippen LogP contribution in [0.1, 0.15) is 17.5 Å². The lowest BCUT2D eigenvalue weighted by Crippen LogP contribution is -2.12. The van der Waals surface area contributed by atoms with E-state index in [1.54, 1.807) is 0 Å². The van der Waals surface area contributed by atoms with Gasteiger partial charge in [0.25, 0.3) is 0 Å². The van der Waals surface area contributed by atoms with Gasteiger partial charge in [0.2, 0.25) is 11.8 Å². The second kappa shape index (κ2) is 7.54. The van der Waals surface area contributed by atoms with Crippen molar-refractivity contribution in [3.63, 3.8) is 0 Å². The molecule has 3 aromatic carbocycles. The van der Waals surface area contributed by atoms with Gasteiger partial charge in [0.05, 0.1) is 0 Å². The molecular weight excluding hydrogens is 390 g/mol. The van der Waals surface area contributed by atoms with E-state index >= 15 is 0 Å². The highest BCUT2D eigenvalue weighted by atomic mass is 79.9. The molecule has 0 aliphatic rings. The Balaban J connectivity index is 1.69. The van der Waals surface area contributed by atoms with Gasteiger partial charge >= 0.3 is 0 Å². The topological polar surface area (TPSA) is 51.0 Å². The van der Waals surface area contributed by atoms with Crippen LogP contribution in [0.4, 0.5) is 5.69 Å². The molecule has 0 saturated carbocycles. The minimum Gasteiger partial charge on any atom is -0.418 e. The molecule has 4 rings (SSSR count). The third-order valence-corrected chi connectivity index (χ3v) is 4.53. The minimum atomic E-state index is -0.234. The lowest BCUT2D eigenvalue weighted by molar-refractivity contribution is 0.494. The molecule has 0 bridgehead atoms. The van der Waals surface area contributed by atoms with Gasteiger partial charge in [-0.3, -0.25) is 0 Å². The van der Waals surface area contributed by atoms with E-state index in [4.69, 9.17) is 4.42 Å². The van der Waals surface area contributed by atoms with Gasteiger partial charge in [-0.1, -0.05) is 64.5 Å². The zero-order valence-electron chi connectivity index (χ0n) is 13.8. The second-order valence-electron chi connectivity index (χ2n) is 5.81. The Morgan fingerprint density at radius 3 is 2.12 bits per heavy atom. The predicted octanol–water partition coefficient (Wildman–Crippen LogP) is 5.70. The third kappa shape index (κ3) is 3.68. The predicted molar refractivity (Wildman–Crippen MR) is 106 cm³/mol. The molecule has 1 aromatic heterocycles. The van der Waals surface area contributed by atoms with Crippen LogP contribution < -0.4 is 5.32 Å². The highest BCUT2D eigenvalue weighted by molar-refractivity contribution is 9.10. The van der Waals surface area contributed by atoms with E-state index < -0.39 is 0 Å². The summed E-state index contributed by atoms with van der Waals surface area (Å²) in [5.74, 6) is 1.04. The number of nitrogens with one attached hydrogen (secondary N) is 1. The molecule has 0 aliphatic carbocycles. The van der Waals surface area contributed by atoms with Gasteiger partial charge < -0.3 is 9.73 Å². The number of anilines is 1. The summed E-state index contributed by atoms with van der Waals surface area (Å²) in [6.07, 6.45) is 0. The summed E-state index contributed by atoms with van der Waals surface area (Å²) in [5, 5.41) is 12.0. The van der Waals surface area contributed by atoms with Crippen LogP contribution in [-0.2, 0) is 0 Å². The number of benzene rings is 3. The number of hydrogen-bond donors (Lipinski definition) is 1. The molecule has 0 fully saturated rings. The van der Waals surface area contributed by atoms with Crippen molar-refractivity contribution in [3.05, 3.63) is 101 Å². The molecule has 1 N–H and O–H groups in total. The Hall–Kier alpha value is -2.92. The van der Waals surface area contributed by atoms with E-state index in [1.807, 2.05) is 84.9 Å². The van der Waals surface area contributed by atoms with E-state index in [0.29, 0.717) is 11.8 Å². The number of aromatic nitrogens is 2. The Bertz CT molecular complexity index is 969. The highest BCUT2D eigenvalue weighted by Crippen LogP contribution is 2.28. The van der Waals surface area contributed by atoms with Crippen LogP contribution in [0.2, 0.25) is 0 Å². The van der Waals surface area contributed by atoms with Crippen molar-refractivity contribution < 1.29 is 4.42 Å². The summed E-state index contributed by atoms with van der Waals surface area (Å²) in [6, 6.07) is 27.6. The van der Waals surface area contributed by atoms with E-state index in [-0.39, 0.29) is 6.04 Å². The van der Waals surface area contributed by atoms with Crippen LogP contribution in [0, 0.1) is 0 Å². The van der Waals surface area contributed by atoms with Gasteiger partial charge in [0.1, 0.15) is 6.04 Å². The normalized spacial score (nSPS) is 11.9. The maximum atomic E-state index is 5.99. The molecule has 4 aromatic rings. The quantitative estimate of drug-likeness (QED) is 0.462. The first-order valence-electron chi connectivity index (χ1n) is 8.25. The van der Waals surface area contributed by atoms with E-state index in [9.17, 15) is 0 Å². The first kappa shape index (κ1) is 16.5. The third-order valence-electron chi connectivity index (χ3n) is 4.00. The van der Waals surface area contributed by atoms with Crippen LogP contribution in [-0.4, -0.2) is 10.2 Å². The van der Waals surface area contributed by atoms with Gasteiger partial charge in [-0.15, -0.1) is 10.2 Å². The maximum Gasteiger partial charge on any atom is 0.247 e. The van der Waals surface area contributed by atoms with Gasteiger partial charge in [-0.2, -0.15) is 0 Å². The Morgan fingerprint density at radius 2 is 1.42 bits per heavy atom. The van der Waals surface area contributed by atoms with Crippen LogP contribution in [0.15, 0.2) is 93.8 Å². The van der Waals surface area contributed by atoms with Crippen molar-refractivity contribution in [2.45, 2.75) is 6.04 Å². The Labute approximate surface area is 160 Å². The summed E-state index contributed by atoms with van der Waals surface area (Å²) in [5.41, 5.74) is 2.93. The Kier molecular flexibility index (Phi) is 4.80. The summed E-state index contributed by atoms with van der Waals surface area (Å²) < 4.78 is 7.02. The van der Waals surface area contributed by atoms with Gasteiger partial charge in [-0.25, -0.2) is 0 Å². The molecule has 0 unspecified atom stereocenters. The monoisotopic (exact) mass is 405 g/mol. The van der Waals surface area contributed by atoms with Gasteiger partial charge in [0.15, 0.2) is 0 Å². The highest BCUT2D eigenvalue weighted by Gasteiger charge is 2.21. The minimum absolute atomic E-state index is 0.234. The van der Waals surface area contributed by atoms with Crippen LogP contribution in [0.5, 0.6) is 0 Å². The average Bonchev–Trinajstić information content (AvgIpc) is 3.19. The van der Waals surface area contributed by atoms with Crippen molar-refractivity contribution in [1.29, 1.82) is 0 Å². The van der Waals surface area contributed by atoms with Gasteiger partial charge in [0, 0.05) is 15.7 Å². The summed E-state index contributed by atoms with van der Waals surface area (Å²) in [4.78, 5) is 0. The standard InChI is InChI=1S/C21H16BrN3O/c22-17-11-13-18(14-12-17)23-19(15-7-3-1-4-8-15)21-25-24-20(26-21)16-9-5-2-6-10-16/h1-14,19,23H/t19-/m0/s1. The number of halogens is 1. The lowest BCUT2D eigenvalue weighted by Gasteiger charge is -2.17. The van der Waals surface area contributed by atoms with Gasteiger partial charge in [-0.05, 0) is 42.0 Å². The smallest absolute Gasteiger partial charge is 0.247 e. The SMILES string of the molecule is Brc1ccc(N[C@@H](c2ccccc2)c2nnc(-c3ccccc3)o2)cc1. The molecule has 128 valence electrons. The molecule has 0 amide bonds. The Morgan fingerprint density at radius 1 is 0.769 bits per heavy atom. The molecule has 1 atom stereocenters. The van der Waals surface area contributed by atoms with Crippen molar-refractivity contribution in [1.82, 2.24) is 10.2 Å². The van der Waals surface area contributed by atoms with Crippen LogP contribution in [0.3, 0.4) is 0 Å². The number of rotatable bonds is 5. The number of nitrogens with zero attached hydrogens (tertiary/aromatic N) is 2. The maximum absolute atomic E-state index is 5.99. The molecule has 0 saturated heterocycles. The summed E-state index contributed by atoms with van der Waals surface area (Å²) >= 11 is 3.46. The van der Waals surface area contributed by atoms with Crippen LogP contribution >= 0.6 is 15.9 Å². The molecule has 0 spiro atoms. The first-order chi connectivity index (χ1) is 12.8. The van der Waals surface area contributed by atoms with E-state index in [0.717, 1.165) is 21.3 Å². The fourth-order valence-corrected chi connectivity index (χ4v) is 2.96. The molecule has 0 radical (unpaired) electrons. The molecule has 26 heavy (non-hydrogen) atoms. The molecular formula is C21H16BrN3O. The fraction of sp³-hybridized carbons (Fsp3) is 0.0476. The van der Waals surface area contributed by atoms with Crippen molar-refractivity contribution in [2.24, 2.45) is 0 Å². The zero-order chi connectivity index (χ0) is 17.8. The second-order valence-corrected chi connectivity index (χ2v) is 6.72. The van der Waals surface area contributed by atoms with E-state index in [2.05, 4.69) is 31.4 Å². The summed E-state index contributed by atoms with van der Waals surface area (Å²) in [7, 11) is 0. The van der Waals surface area contributed by atoms with E-state index in [1.165, 1.54) is 0 Å². The van der Waals surface area contributed by atoms with Crippen LogP contribution in [0.25, 0.3) is 11.5 Å². The molecule has 1 heterocycles. The van der Waals surface area contributed by atoms with Crippen molar-refractivity contribution >= 4 is 21.6 Å². The zero-order valence-corrected chi connectivity index (χ0v) is 15.4. The first-order valence-corrected chi connectivity index (χ1v) is 9.05. The fourth-order valence-electron chi connectivity index (χ4n) is 2.69. The van der Waals surface area contributed by atoms with Crippen molar-refractivity contribution in [3.8, 4) is 11.5 Å². The largest absolute Gasteiger partial charge is 0.418 e. The lowest BCUT2D eigenvalue weighted by atomic mass is 10.1. The number of hydrogen-bond acceptors (Lipinski definition) is 4. The van der Waals surface area contributed by atoms with Crippen molar-refractivity contribution in [2.75, 3.05) is 5.32 Å². The molecule has 4 nitrogen and oxygen atoms in total.